The minimum Gasteiger partial charge on any atom is -0.384 e. The Morgan fingerprint density at radius 3 is 2.54 bits per heavy atom. The summed E-state index contributed by atoms with van der Waals surface area (Å²) in [5.74, 6) is 1.30. The highest BCUT2D eigenvalue weighted by molar-refractivity contribution is 7.89. The van der Waals surface area contributed by atoms with Crippen molar-refractivity contribution in [3.63, 3.8) is 0 Å². The first-order chi connectivity index (χ1) is 16.9. The third-order valence-corrected chi connectivity index (χ3v) is 7.57. The number of nitrogen functional groups attached to an aromatic ring is 1. The summed E-state index contributed by atoms with van der Waals surface area (Å²) in [6.07, 6.45) is 4.09. The Hall–Kier alpha value is -3.01. The van der Waals surface area contributed by atoms with Gasteiger partial charge in [-0.15, -0.1) is 0 Å². The summed E-state index contributed by atoms with van der Waals surface area (Å²) >= 11 is 0. The predicted molar refractivity (Wildman–Crippen MR) is 140 cm³/mol. The van der Waals surface area contributed by atoms with Gasteiger partial charge in [0, 0.05) is 32.0 Å². The molecule has 4 aromatic rings. The number of hydrogen-bond acceptors (Lipinski definition) is 6. The first-order valence-electron chi connectivity index (χ1n) is 12.1. The number of ether oxygens (including phenoxy) is 1. The largest absolute Gasteiger partial charge is 0.384 e. The average molecular weight is 496 g/mol. The average Bonchev–Trinajstić information content (AvgIpc) is 3.22. The Labute approximate surface area is 206 Å². The van der Waals surface area contributed by atoms with Crippen LogP contribution in [0.15, 0.2) is 53.4 Å². The molecule has 2 heterocycles. The molecule has 186 valence electrons. The molecule has 2 aromatic carbocycles. The molecule has 0 aliphatic rings. The van der Waals surface area contributed by atoms with Crippen LogP contribution in [0.25, 0.3) is 21.9 Å². The molecule has 0 amide bonds. The number of unbranched alkanes of at least 4 members (excludes halogenated alkanes) is 1. The number of rotatable bonds is 12. The zero-order valence-corrected chi connectivity index (χ0v) is 21.1. The molecule has 0 aliphatic carbocycles. The number of pyridine rings is 1. The van der Waals surface area contributed by atoms with Crippen LogP contribution in [0.5, 0.6) is 0 Å². The smallest absolute Gasteiger partial charge is 0.240 e. The third-order valence-electron chi connectivity index (χ3n) is 6.09. The molecule has 0 unspecified atom stereocenters. The maximum absolute atomic E-state index is 12.7. The lowest BCUT2D eigenvalue weighted by Gasteiger charge is -2.12. The highest BCUT2D eigenvalue weighted by atomic mass is 32.2. The summed E-state index contributed by atoms with van der Waals surface area (Å²) in [6.45, 7) is 3.71. The number of nitrogens with one attached hydrogen (secondary N) is 1. The summed E-state index contributed by atoms with van der Waals surface area (Å²) in [7, 11) is -1.86. The third kappa shape index (κ3) is 5.63. The molecule has 0 spiro atoms. The van der Waals surface area contributed by atoms with Gasteiger partial charge in [0.05, 0.1) is 22.5 Å². The van der Waals surface area contributed by atoms with Gasteiger partial charge in [-0.1, -0.05) is 43.7 Å². The van der Waals surface area contributed by atoms with Crippen LogP contribution in [-0.4, -0.2) is 43.2 Å². The number of sulfonamides is 1. The van der Waals surface area contributed by atoms with Crippen LogP contribution in [0.1, 0.15) is 37.6 Å². The van der Waals surface area contributed by atoms with Gasteiger partial charge >= 0.3 is 0 Å². The maximum atomic E-state index is 12.7. The fraction of sp³-hybridized carbons (Fsp3) is 0.385. The summed E-state index contributed by atoms with van der Waals surface area (Å²) in [5, 5.41) is 1.00. The van der Waals surface area contributed by atoms with E-state index >= 15 is 0 Å². The number of methoxy groups -OCH3 is 1. The van der Waals surface area contributed by atoms with Crippen molar-refractivity contribution < 1.29 is 13.2 Å². The van der Waals surface area contributed by atoms with Crippen molar-refractivity contribution in [3.05, 3.63) is 59.9 Å². The van der Waals surface area contributed by atoms with E-state index in [1.807, 2.05) is 36.4 Å². The molecular weight excluding hydrogens is 462 g/mol. The van der Waals surface area contributed by atoms with Gasteiger partial charge in [0.1, 0.15) is 11.3 Å². The zero-order valence-electron chi connectivity index (χ0n) is 20.3. The Morgan fingerprint density at radius 2 is 1.80 bits per heavy atom. The highest BCUT2D eigenvalue weighted by Gasteiger charge is 2.17. The van der Waals surface area contributed by atoms with Gasteiger partial charge in [0.15, 0.2) is 5.82 Å². The Bertz CT molecular complexity index is 1400. The summed E-state index contributed by atoms with van der Waals surface area (Å²) in [6, 6.07) is 15.0. The molecule has 0 bridgehead atoms. The molecule has 2 aromatic heterocycles. The van der Waals surface area contributed by atoms with Crippen LogP contribution in [0.4, 0.5) is 5.82 Å². The van der Waals surface area contributed by atoms with Gasteiger partial charge in [0.25, 0.3) is 0 Å². The Kier molecular flexibility index (Phi) is 8.00. The van der Waals surface area contributed by atoms with Crippen molar-refractivity contribution in [2.75, 3.05) is 26.0 Å². The van der Waals surface area contributed by atoms with Gasteiger partial charge in [0.2, 0.25) is 10.0 Å². The second-order valence-electron chi connectivity index (χ2n) is 8.63. The molecule has 8 nitrogen and oxygen atoms in total. The minimum absolute atomic E-state index is 0.300. The fourth-order valence-electron chi connectivity index (χ4n) is 4.34. The molecule has 35 heavy (non-hydrogen) atoms. The van der Waals surface area contributed by atoms with E-state index in [9.17, 15) is 8.42 Å². The van der Waals surface area contributed by atoms with Gasteiger partial charge in [-0.3, -0.25) is 0 Å². The second kappa shape index (κ2) is 11.2. The molecule has 0 aliphatic heterocycles. The monoisotopic (exact) mass is 495 g/mol. The van der Waals surface area contributed by atoms with Gasteiger partial charge in [-0.05, 0) is 43.0 Å². The zero-order chi connectivity index (χ0) is 24.8. The van der Waals surface area contributed by atoms with Crippen LogP contribution in [0.3, 0.4) is 0 Å². The van der Waals surface area contributed by atoms with E-state index < -0.39 is 10.0 Å². The summed E-state index contributed by atoms with van der Waals surface area (Å²) in [5.41, 5.74) is 9.88. The first kappa shape index (κ1) is 25.1. The van der Waals surface area contributed by atoms with E-state index in [0.29, 0.717) is 48.8 Å². The number of nitrogens with zero attached hydrogens (tertiary/aromatic N) is 3. The number of nitrogens with two attached hydrogens (primary N) is 1. The number of anilines is 1. The maximum Gasteiger partial charge on any atom is 0.240 e. The van der Waals surface area contributed by atoms with Crippen molar-refractivity contribution in [1.82, 2.24) is 19.3 Å². The lowest BCUT2D eigenvalue weighted by Crippen LogP contribution is -2.25. The fourth-order valence-corrected chi connectivity index (χ4v) is 5.41. The minimum atomic E-state index is -3.53. The molecular formula is C26H33N5O3S. The quantitative estimate of drug-likeness (QED) is 0.287. The summed E-state index contributed by atoms with van der Waals surface area (Å²) < 4.78 is 35.5. The normalized spacial score (nSPS) is 12.1. The standard InChI is InChI=1S/C26H33N5O3S/c1-3-8-19-11-13-20(14-12-19)35(32,33)28-16-6-7-17-31-23(15-18-34-2)30-24-25(31)21-9-4-5-10-22(21)29-26(24)27/h4-5,9-14,28H,3,6-8,15-18H2,1-2H3,(H2,27,29). The lowest BCUT2D eigenvalue weighted by atomic mass is 10.1. The molecule has 0 saturated carbocycles. The van der Waals surface area contributed by atoms with E-state index in [2.05, 4.69) is 21.2 Å². The Morgan fingerprint density at radius 1 is 1.03 bits per heavy atom. The number of aromatic nitrogens is 3. The van der Waals surface area contributed by atoms with Crippen molar-refractivity contribution >= 4 is 37.8 Å². The van der Waals surface area contributed by atoms with Gasteiger partial charge < -0.3 is 15.0 Å². The van der Waals surface area contributed by atoms with Crippen LogP contribution in [0, 0.1) is 0 Å². The van der Waals surface area contributed by atoms with E-state index in [1.54, 1.807) is 19.2 Å². The van der Waals surface area contributed by atoms with Crippen LogP contribution in [0.2, 0.25) is 0 Å². The van der Waals surface area contributed by atoms with Gasteiger partial charge in [-0.2, -0.15) is 0 Å². The second-order valence-corrected chi connectivity index (χ2v) is 10.4. The number of aryl methyl sites for hydroxylation is 2. The number of fused-ring (bicyclic) bond motifs is 3. The van der Waals surface area contributed by atoms with E-state index in [1.165, 1.54) is 0 Å². The number of benzene rings is 2. The molecule has 3 N–H and O–H groups in total. The van der Waals surface area contributed by atoms with Crippen molar-refractivity contribution in [1.29, 1.82) is 0 Å². The number of hydrogen-bond donors (Lipinski definition) is 2. The first-order valence-corrected chi connectivity index (χ1v) is 13.5. The van der Waals surface area contributed by atoms with E-state index in [4.69, 9.17) is 15.5 Å². The van der Waals surface area contributed by atoms with Crippen molar-refractivity contribution in [2.45, 2.75) is 50.5 Å². The molecule has 0 saturated heterocycles. The van der Waals surface area contributed by atoms with Gasteiger partial charge in [-0.25, -0.2) is 23.1 Å². The van der Waals surface area contributed by atoms with Crippen molar-refractivity contribution in [3.8, 4) is 0 Å². The molecule has 0 fully saturated rings. The van der Waals surface area contributed by atoms with E-state index in [0.717, 1.165) is 47.1 Å². The lowest BCUT2D eigenvalue weighted by molar-refractivity contribution is 0.199. The van der Waals surface area contributed by atoms with E-state index in [-0.39, 0.29) is 0 Å². The molecule has 4 rings (SSSR count). The highest BCUT2D eigenvalue weighted by Crippen LogP contribution is 2.29. The summed E-state index contributed by atoms with van der Waals surface area (Å²) in [4.78, 5) is 9.60. The Balaban J connectivity index is 1.46. The number of para-hydroxylation sites is 1. The molecule has 0 atom stereocenters. The SMILES string of the molecule is CCCc1ccc(S(=O)(=O)NCCCCn2c(CCOC)nc3c(N)nc4ccccc4c32)cc1. The van der Waals surface area contributed by atoms with Crippen LogP contribution in [-0.2, 0) is 34.1 Å². The number of imidazole rings is 1. The van der Waals surface area contributed by atoms with Crippen LogP contribution < -0.4 is 10.5 Å². The molecule has 9 heteroatoms. The predicted octanol–water partition coefficient (Wildman–Crippen LogP) is 4.07. The van der Waals surface area contributed by atoms with Crippen LogP contribution >= 0.6 is 0 Å². The topological polar surface area (TPSA) is 112 Å². The molecule has 0 radical (unpaired) electrons. The van der Waals surface area contributed by atoms with Crippen molar-refractivity contribution in [2.24, 2.45) is 0 Å².